The predicted molar refractivity (Wildman–Crippen MR) is 54.8 cm³/mol. The van der Waals surface area contributed by atoms with Gasteiger partial charge in [0.15, 0.2) is 0 Å². The normalized spacial score (nSPS) is 10.7. The van der Waals surface area contributed by atoms with Crippen molar-refractivity contribution in [2.24, 2.45) is 0 Å². The van der Waals surface area contributed by atoms with Crippen molar-refractivity contribution in [3.05, 3.63) is 18.4 Å². The summed E-state index contributed by atoms with van der Waals surface area (Å²) in [6, 6.07) is 0. The standard InChI is InChI=1S/C10H19B/c1-4-7-10(11,8-5-2)9-6-3/h7H,1,5-6,8-9,11H2,2-3H3. The van der Waals surface area contributed by atoms with Gasteiger partial charge in [-0.05, 0) is 11.4 Å². The van der Waals surface area contributed by atoms with Gasteiger partial charge in [-0.25, -0.2) is 0 Å². The topological polar surface area (TPSA) is 0 Å². The van der Waals surface area contributed by atoms with Crippen LogP contribution in [0.4, 0.5) is 0 Å². The van der Waals surface area contributed by atoms with Gasteiger partial charge < -0.3 is 0 Å². The van der Waals surface area contributed by atoms with Crippen molar-refractivity contribution in [2.75, 3.05) is 0 Å². The highest BCUT2D eigenvalue weighted by molar-refractivity contribution is 6.16. The van der Waals surface area contributed by atoms with Crippen molar-refractivity contribution in [1.82, 2.24) is 0 Å². The van der Waals surface area contributed by atoms with Crippen LogP contribution in [0.5, 0.6) is 0 Å². The maximum Gasteiger partial charge on any atom is 0.115 e. The number of allylic oxidation sites excluding steroid dienone is 1. The summed E-state index contributed by atoms with van der Waals surface area (Å²) in [7, 11) is 2.29. The molecule has 62 valence electrons. The maximum atomic E-state index is 3.63. The first kappa shape index (κ1) is 10.6. The molecule has 0 unspecified atom stereocenters. The van der Waals surface area contributed by atoms with E-state index < -0.39 is 0 Å². The van der Waals surface area contributed by atoms with Crippen LogP contribution in [-0.4, -0.2) is 7.85 Å². The van der Waals surface area contributed by atoms with Crippen molar-refractivity contribution >= 4 is 7.85 Å². The van der Waals surface area contributed by atoms with Crippen LogP contribution >= 0.6 is 0 Å². The van der Waals surface area contributed by atoms with Gasteiger partial charge in [-0.1, -0.05) is 46.1 Å². The average Bonchev–Trinajstić information content (AvgIpc) is 1.88. The minimum atomic E-state index is 0.352. The van der Waals surface area contributed by atoms with Gasteiger partial charge in [-0.2, -0.15) is 0 Å². The molecule has 0 rings (SSSR count). The van der Waals surface area contributed by atoms with E-state index in [1.165, 1.54) is 25.7 Å². The number of rotatable bonds is 5. The molecule has 0 atom stereocenters. The van der Waals surface area contributed by atoms with E-state index in [9.17, 15) is 0 Å². The van der Waals surface area contributed by atoms with Crippen LogP contribution in [0.25, 0.3) is 0 Å². The predicted octanol–water partition coefficient (Wildman–Crippen LogP) is 2.72. The van der Waals surface area contributed by atoms with Gasteiger partial charge in [0.25, 0.3) is 0 Å². The van der Waals surface area contributed by atoms with Gasteiger partial charge in [0.2, 0.25) is 0 Å². The second-order valence-electron chi connectivity index (χ2n) is 3.50. The molecular formula is C10H19B. The lowest BCUT2D eigenvalue weighted by atomic mass is 9.63. The first-order valence-electron chi connectivity index (χ1n) is 4.55. The summed E-state index contributed by atoms with van der Waals surface area (Å²) in [5, 5.41) is 0.352. The van der Waals surface area contributed by atoms with Crippen molar-refractivity contribution in [3.8, 4) is 0 Å². The van der Waals surface area contributed by atoms with Crippen molar-refractivity contribution in [2.45, 2.75) is 44.8 Å². The summed E-state index contributed by atoms with van der Waals surface area (Å²) < 4.78 is 0. The average molecular weight is 150 g/mol. The molecule has 0 aliphatic heterocycles. The molecule has 0 nitrogen and oxygen atoms in total. The molecular weight excluding hydrogens is 131 g/mol. The molecule has 0 N–H and O–H groups in total. The second-order valence-corrected chi connectivity index (χ2v) is 3.50. The number of hydrogen-bond donors (Lipinski definition) is 0. The third kappa shape index (κ3) is 4.11. The third-order valence-corrected chi connectivity index (χ3v) is 2.09. The van der Waals surface area contributed by atoms with Crippen molar-refractivity contribution < 1.29 is 0 Å². The van der Waals surface area contributed by atoms with E-state index in [1.807, 2.05) is 0 Å². The maximum absolute atomic E-state index is 3.63. The minimum Gasteiger partial charge on any atom is -0.133 e. The molecule has 0 spiro atoms. The Balaban J connectivity index is 4.11. The third-order valence-electron chi connectivity index (χ3n) is 2.09. The molecule has 0 saturated heterocycles. The van der Waals surface area contributed by atoms with E-state index >= 15 is 0 Å². The Kier molecular flexibility index (Phi) is 5.06. The highest BCUT2D eigenvalue weighted by Crippen LogP contribution is 2.34. The highest BCUT2D eigenvalue weighted by Gasteiger charge is 2.17. The largest absolute Gasteiger partial charge is 0.133 e. The Bertz CT molecular complexity index is 137. The second kappa shape index (κ2) is 5.26. The molecule has 0 heterocycles. The molecule has 1 heteroatoms. The molecule has 11 heavy (non-hydrogen) atoms. The summed E-state index contributed by atoms with van der Waals surface area (Å²) in [6.07, 6.45) is 7.12. The smallest absolute Gasteiger partial charge is 0.115 e. The summed E-state index contributed by atoms with van der Waals surface area (Å²) in [6.45, 7) is 8.08. The van der Waals surface area contributed by atoms with Crippen LogP contribution < -0.4 is 0 Å². The zero-order valence-electron chi connectivity index (χ0n) is 8.11. The van der Waals surface area contributed by atoms with Crippen LogP contribution in [0, 0.1) is 0 Å². The van der Waals surface area contributed by atoms with Gasteiger partial charge in [0, 0.05) is 0 Å². The quantitative estimate of drug-likeness (QED) is 0.417. The molecule has 0 aromatic rings. The van der Waals surface area contributed by atoms with Crippen LogP contribution in [0.2, 0.25) is 5.31 Å². The van der Waals surface area contributed by atoms with Gasteiger partial charge in [0.1, 0.15) is 7.85 Å². The lowest BCUT2D eigenvalue weighted by Crippen LogP contribution is -2.08. The summed E-state index contributed by atoms with van der Waals surface area (Å²) in [5.74, 6) is 0. The van der Waals surface area contributed by atoms with Crippen molar-refractivity contribution in [1.29, 1.82) is 0 Å². The van der Waals surface area contributed by atoms with Crippen LogP contribution in [0.3, 0.4) is 0 Å². The summed E-state index contributed by atoms with van der Waals surface area (Å²) >= 11 is 0. The summed E-state index contributed by atoms with van der Waals surface area (Å²) in [4.78, 5) is 0. The Morgan fingerprint density at radius 3 is 2.09 bits per heavy atom. The lowest BCUT2D eigenvalue weighted by molar-refractivity contribution is 0.552. The SMILES string of the molecule is BC(C=C=C)(CCC)CCC. The molecule has 0 aromatic carbocycles. The van der Waals surface area contributed by atoms with Crippen LogP contribution in [-0.2, 0) is 0 Å². The van der Waals surface area contributed by atoms with Crippen LogP contribution in [0.15, 0.2) is 18.4 Å². The van der Waals surface area contributed by atoms with E-state index in [1.54, 1.807) is 0 Å². The van der Waals surface area contributed by atoms with E-state index in [4.69, 9.17) is 0 Å². The molecule has 0 radical (unpaired) electrons. The van der Waals surface area contributed by atoms with E-state index in [0.717, 1.165) is 0 Å². The monoisotopic (exact) mass is 150 g/mol. The Labute approximate surface area is 71.8 Å². The lowest BCUT2D eigenvalue weighted by Gasteiger charge is -2.23. The van der Waals surface area contributed by atoms with E-state index in [2.05, 4.69) is 40.1 Å². The highest BCUT2D eigenvalue weighted by atomic mass is 14.2. The van der Waals surface area contributed by atoms with E-state index in [0.29, 0.717) is 5.31 Å². The zero-order chi connectivity index (χ0) is 8.74. The zero-order valence-corrected chi connectivity index (χ0v) is 8.11. The molecule has 0 aliphatic rings. The fraction of sp³-hybridized carbons (Fsp3) is 0.700. The number of hydrogen-bond acceptors (Lipinski definition) is 0. The molecule has 0 fully saturated rings. The molecule has 0 amide bonds. The van der Waals surface area contributed by atoms with Gasteiger partial charge >= 0.3 is 0 Å². The van der Waals surface area contributed by atoms with Crippen LogP contribution in [0.1, 0.15) is 39.5 Å². The fourth-order valence-corrected chi connectivity index (χ4v) is 1.66. The van der Waals surface area contributed by atoms with Gasteiger partial charge in [0.05, 0.1) is 0 Å². The van der Waals surface area contributed by atoms with Gasteiger partial charge in [-0.15, -0.1) is 5.73 Å². The fourth-order valence-electron chi connectivity index (χ4n) is 1.66. The Morgan fingerprint density at radius 2 is 1.82 bits per heavy atom. The Morgan fingerprint density at radius 1 is 1.36 bits per heavy atom. The first-order valence-corrected chi connectivity index (χ1v) is 4.55. The van der Waals surface area contributed by atoms with Crippen molar-refractivity contribution in [3.63, 3.8) is 0 Å². The molecule has 0 aromatic heterocycles. The molecule has 0 aliphatic carbocycles. The van der Waals surface area contributed by atoms with Gasteiger partial charge in [-0.3, -0.25) is 0 Å². The van der Waals surface area contributed by atoms with E-state index in [-0.39, 0.29) is 0 Å². The molecule has 0 saturated carbocycles. The summed E-state index contributed by atoms with van der Waals surface area (Å²) in [5.41, 5.74) is 2.90. The Hall–Kier alpha value is -0.415. The molecule has 0 bridgehead atoms. The minimum absolute atomic E-state index is 0.352. The first-order chi connectivity index (χ1) is 5.18.